The minimum Gasteiger partial charge on any atom is -0.366 e. The molecule has 0 bridgehead atoms. The van der Waals surface area contributed by atoms with Gasteiger partial charge in [0.05, 0.1) is 11.7 Å². The Hall–Kier alpha value is -0.350. The van der Waals surface area contributed by atoms with Crippen LogP contribution in [0.3, 0.4) is 0 Å². The van der Waals surface area contributed by atoms with Crippen LogP contribution in [0.2, 0.25) is 5.15 Å². The van der Waals surface area contributed by atoms with Crippen LogP contribution in [0.5, 0.6) is 0 Å². The third-order valence-electron chi connectivity index (χ3n) is 2.26. The van der Waals surface area contributed by atoms with Crippen molar-refractivity contribution in [3.05, 3.63) is 5.15 Å². The van der Waals surface area contributed by atoms with E-state index in [1.807, 2.05) is 0 Å². The average molecular weight is 204 g/mol. The largest absolute Gasteiger partial charge is 0.366 e. The number of aromatic nitrogens is 2. The molecule has 5 heteroatoms. The van der Waals surface area contributed by atoms with Crippen molar-refractivity contribution in [3.63, 3.8) is 0 Å². The van der Waals surface area contributed by atoms with Crippen LogP contribution in [0.25, 0.3) is 0 Å². The van der Waals surface area contributed by atoms with Crippen molar-refractivity contribution in [2.24, 2.45) is 11.8 Å². The molecule has 0 saturated heterocycles. The van der Waals surface area contributed by atoms with E-state index < -0.39 is 0 Å². The van der Waals surface area contributed by atoms with Crippen LogP contribution in [0.15, 0.2) is 0 Å². The summed E-state index contributed by atoms with van der Waals surface area (Å²) in [5.41, 5.74) is 0. The molecule has 1 heterocycles. The van der Waals surface area contributed by atoms with Gasteiger partial charge in [-0.3, -0.25) is 0 Å². The van der Waals surface area contributed by atoms with Crippen LogP contribution < -0.4 is 5.32 Å². The van der Waals surface area contributed by atoms with Crippen molar-refractivity contribution in [3.8, 4) is 0 Å². The molecule has 2 rings (SSSR count). The maximum Gasteiger partial charge on any atom is 0.186 e. The van der Waals surface area contributed by atoms with Crippen molar-refractivity contribution in [1.82, 2.24) is 8.75 Å². The van der Waals surface area contributed by atoms with Crippen LogP contribution in [-0.2, 0) is 0 Å². The number of halogens is 1. The lowest BCUT2D eigenvalue weighted by Crippen LogP contribution is -2.04. The van der Waals surface area contributed by atoms with Gasteiger partial charge >= 0.3 is 0 Å². The second-order valence-corrected chi connectivity index (χ2v) is 4.14. The summed E-state index contributed by atoms with van der Waals surface area (Å²) in [6.07, 6.45) is 1.32. The van der Waals surface area contributed by atoms with Gasteiger partial charge in [-0.05, 0) is 18.3 Å². The average Bonchev–Trinajstić information content (AvgIpc) is 2.57. The third-order valence-corrected chi connectivity index (χ3v) is 3.15. The molecule has 0 amide bonds. The monoisotopic (exact) mass is 203 g/mol. The zero-order chi connectivity index (χ0) is 8.55. The van der Waals surface area contributed by atoms with Gasteiger partial charge in [-0.15, -0.1) is 0 Å². The molecule has 3 nitrogen and oxygen atoms in total. The number of anilines is 1. The van der Waals surface area contributed by atoms with Gasteiger partial charge in [0, 0.05) is 6.54 Å². The third kappa shape index (κ3) is 1.69. The van der Waals surface area contributed by atoms with E-state index in [9.17, 15) is 0 Å². The van der Waals surface area contributed by atoms with Gasteiger partial charge in [0.2, 0.25) is 0 Å². The molecule has 2 unspecified atom stereocenters. The zero-order valence-corrected chi connectivity index (χ0v) is 8.32. The molecule has 1 N–H and O–H groups in total. The zero-order valence-electron chi connectivity index (χ0n) is 6.75. The molecule has 1 aliphatic rings. The highest BCUT2D eigenvalue weighted by Gasteiger charge is 2.32. The van der Waals surface area contributed by atoms with Crippen molar-refractivity contribution in [2.45, 2.75) is 13.3 Å². The van der Waals surface area contributed by atoms with E-state index in [1.54, 1.807) is 0 Å². The summed E-state index contributed by atoms with van der Waals surface area (Å²) in [6, 6.07) is 0. The van der Waals surface area contributed by atoms with E-state index in [0.29, 0.717) is 5.15 Å². The van der Waals surface area contributed by atoms with Gasteiger partial charge in [0.25, 0.3) is 0 Å². The summed E-state index contributed by atoms with van der Waals surface area (Å²) in [5.74, 6) is 2.41. The maximum absolute atomic E-state index is 5.75. The minimum atomic E-state index is 0.494. The van der Waals surface area contributed by atoms with E-state index in [0.717, 1.165) is 35.9 Å². The van der Waals surface area contributed by atoms with Gasteiger partial charge < -0.3 is 5.32 Å². The molecule has 1 aliphatic carbocycles. The normalized spacial score (nSPS) is 27.2. The molecular formula is C7H10ClN3S. The van der Waals surface area contributed by atoms with Crippen molar-refractivity contribution in [2.75, 3.05) is 11.9 Å². The summed E-state index contributed by atoms with van der Waals surface area (Å²) < 4.78 is 7.90. The first kappa shape index (κ1) is 8.26. The first-order valence-electron chi connectivity index (χ1n) is 3.99. The van der Waals surface area contributed by atoms with E-state index >= 15 is 0 Å². The Morgan fingerprint density at radius 3 is 2.92 bits per heavy atom. The number of hydrogen-bond acceptors (Lipinski definition) is 4. The van der Waals surface area contributed by atoms with Crippen LogP contribution >= 0.6 is 23.3 Å². The summed E-state index contributed by atoms with van der Waals surface area (Å²) in [5, 5.41) is 3.68. The first-order valence-corrected chi connectivity index (χ1v) is 5.10. The molecule has 66 valence electrons. The molecule has 0 aliphatic heterocycles. The summed E-state index contributed by atoms with van der Waals surface area (Å²) in [6.45, 7) is 3.24. The lowest BCUT2D eigenvalue weighted by Gasteiger charge is -1.99. The van der Waals surface area contributed by atoms with E-state index in [-0.39, 0.29) is 0 Å². The fourth-order valence-corrected chi connectivity index (χ4v) is 1.88. The lowest BCUT2D eigenvalue weighted by atomic mass is 10.3. The van der Waals surface area contributed by atoms with E-state index in [2.05, 4.69) is 21.0 Å². The van der Waals surface area contributed by atoms with Crippen LogP contribution in [0.4, 0.5) is 5.82 Å². The van der Waals surface area contributed by atoms with E-state index in [4.69, 9.17) is 11.6 Å². The second kappa shape index (κ2) is 3.18. The molecule has 0 radical (unpaired) electrons. The molecule has 12 heavy (non-hydrogen) atoms. The van der Waals surface area contributed by atoms with Gasteiger partial charge in [-0.1, -0.05) is 18.5 Å². The van der Waals surface area contributed by atoms with Gasteiger partial charge in [-0.25, -0.2) is 0 Å². The van der Waals surface area contributed by atoms with Crippen molar-refractivity contribution < 1.29 is 0 Å². The molecule has 1 aromatic rings. The number of nitrogens with zero attached hydrogens (tertiary/aromatic N) is 2. The Kier molecular flexibility index (Phi) is 2.19. The summed E-state index contributed by atoms with van der Waals surface area (Å²) >= 11 is 6.90. The number of nitrogens with one attached hydrogen (secondary N) is 1. The number of rotatable bonds is 3. The highest BCUT2D eigenvalue weighted by molar-refractivity contribution is 6.99. The first-order chi connectivity index (χ1) is 5.77. The Labute approximate surface area is 80.5 Å². The fraction of sp³-hybridized carbons (Fsp3) is 0.714. The van der Waals surface area contributed by atoms with Crippen molar-refractivity contribution in [1.29, 1.82) is 0 Å². The Balaban J connectivity index is 1.84. The lowest BCUT2D eigenvalue weighted by molar-refractivity contribution is 0.785. The molecular weight excluding hydrogens is 194 g/mol. The Bertz CT molecular complexity index is 275. The quantitative estimate of drug-likeness (QED) is 0.819. The molecule has 1 fully saturated rings. The fourth-order valence-electron chi connectivity index (χ4n) is 1.19. The van der Waals surface area contributed by atoms with Crippen molar-refractivity contribution >= 4 is 29.1 Å². The second-order valence-electron chi connectivity index (χ2n) is 3.26. The van der Waals surface area contributed by atoms with Crippen LogP contribution in [0, 0.1) is 11.8 Å². The van der Waals surface area contributed by atoms with E-state index in [1.165, 1.54) is 6.42 Å². The minimum absolute atomic E-state index is 0.494. The predicted molar refractivity (Wildman–Crippen MR) is 50.7 cm³/mol. The Morgan fingerprint density at radius 1 is 1.67 bits per heavy atom. The highest BCUT2D eigenvalue weighted by atomic mass is 35.5. The summed E-state index contributed by atoms with van der Waals surface area (Å²) in [7, 11) is 0. The molecule has 1 aromatic heterocycles. The molecule has 1 saturated carbocycles. The number of hydrogen-bond donors (Lipinski definition) is 1. The predicted octanol–water partition coefficient (Wildman–Crippen LogP) is 2.26. The summed E-state index contributed by atoms with van der Waals surface area (Å²) in [4.78, 5) is 0. The SMILES string of the molecule is CC1CC1CNc1nsnc1Cl. The topological polar surface area (TPSA) is 37.8 Å². The molecule has 0 spiro atoms. The van der Waals surface area contributed by atoms with Crippen LogP contribution in [0.1, 0.15) is 13.3 Å². The van der Waals surface area contributed by atoms with Gasteiger partial charge in [0.1, 0.15) is 0 Å². The molecule has 0 aromatic carbocycles. The highest BCUT2D eigenvalue weighted by Crippen LogP contribution is 2.37. The van der Waals surface area contributed by atoms with Gasteiger partial charge in [0.15, 0.2) is 11.0 Å². The van der Waals surface area contributed by atoms with Gasteiger partial charge in [-0.2, -0.15) is 8.75 Å². The smallest absolute Gasteiger partial charge is 0.186 e. The Morgan fingerprint density at radius 2 is 2.42 bits per heavy atom. The standard InChI is InChI=1S/C7H10ClN3S/c1-4-2-5(4)3-9-7-6(8)10-12-11-7/h4-5H,2-3H2,1H3,(H,9,11). The van der Waals surface area contributed by atoms with Crippen LogP contribution in [-0.4, -0.2) is 15.3 Å². The molecule has 2 atom stereocenters. The maximum atomic E-state index is 5.75.